The maximum absolute atomic E-state index is 12.3. The number of ketones is 2. The summed E-state index contributed by atoms with van der Waals surface area (Å²) < 4.78 is 14.6. The number of hydrogen-bond donors (Lipinski definition) is 1. The molecule has 74 heavy (non-hydrogen) atoms. The standard InChI is InChI=1S/C34H53NO2.C33H52N2O2/c1-6-7-8-9-10-17-35-21-22(2)18-31-32(35)24(4)34(37-31)16-14-27-28-12-11-25-19-26(36)13-15-33(25,5)30(28)20-29(27)23(34)3;1-21-17-30-31(35(20-21)16-8-6-5-7-15-34)23(3)33(37-30)14-12-26-27-10-9-24-18-25(36)11-13-32(24,4)29(27)19-28(26)22(33)2/h11,22,24,27-28,30-32H,6-10,12-21H2,1-5H3;9,21,23,26-27,29-31H,5-8,10-20,34H2,1-4H3/t22-,24+,27-,28-,30-,31+,32?,33-,34-;21-,23+,26-,27-,29-,30+,31?,32-,33-/m00/s1. The number of carbonyl (C=O) groups is 2. The summed E-state index contributed by atoms with van der Waals surface area (Å²) in [7, 11) is 0. The van der Waals surface area contributed by atoms with Gasteiger partial charge in [-0.15, -0.1) is 0 Å². The summed E-state index contributed by atoms with van der Waals surface area (Å²) in [5.41, 5.74) is 15.9. The molecule has 4 saturated carbocycles. The molecule has 2 unspecified atom stereocenters. The van der Waals surface area contributed by atoms with Gasteiger partial charge in [0.2, 0.25) is 0 Å². The van der Waals surface area contributed by atoms with Crippen LogP contribution in [0.25, 0.3) is 0 Å². The van der Waals surface area contributed by atoms with E-state index in [0.29, 0.717) is 53.6 Å². The predicted octanol–water partition coefficient (Wildman–Crippen LogP) is 14.3. The third-order valence-electron chi connectivity index (χ3n) is 24.9. The van der Waals surface area contributed by atoms with E-state index in [-0.39, 0.29) is 22.0 Å². The first-order valence-electron chi connectivity index (χ1n) is 31.9. The van der Waals surface area contributed by atoms with Crippen LogP contribution in [0.15, 0.2) is 45.6 Å². The molecule has 7 heteroatoms. The van der Waals surface area contributed by atoms with Gasteiger partial charge in [0.25, 0.3) is 0 Å². The van der Waals surface area contributed by atoms with E-state index in [4.69, 9.17) is 15.2 Å². The Bertz CT molecular complexity index is 2090. The maximum atomic E-state index is 12.3. The van der Waals surface area contributed by atoms with Crippen molar-refractivity contribution >= 4 is 11.6 Å². The average Bonchev–Trinajstić information content (AvgIpc) is 4.11. The lowest BCUT2D eigenvalue weighted by Crippen LogP contribution is -2.52. The number of fused-ring (bicyclic) bond motifs is 12. The zero-order valence-electron chi connectivity index (χ0n) is 48.6. The molecule has 0 aromatic carbocycles. The number of Topliss-reactive ketones (excluding diaryl/α,β-unsaturated/α-hetero) is 2. The van der Waals surface area contributed by atoms with Crippen LogP contribution in [0.1, 0.15) is 223 Å². The third-order valence-corrected chi connectivity index (χ3v) is 24.9. The highest BCUT2D eigenvalue weighted by atomic mass is 16.5. The van der Waals surface area contributed by atoms with Crippen LogP contribution in [0.5, 0.6) is 0 Å². The number of hydrogen-bond acceptors (Lipinski definition) is 7. The smallest absolute Gasteiger partial charge is 0.136 e. The number of likely N-dealkylation sites (tertiary alicyclic amines) is 2. The molecule has 7 nitrogen and oxygen atoms in total. The maximum Gasteiger partial charge on any atom is 0.136 e. The van der Waals surface area contributed by atoms with Gasteiger partial charge in [-0.25, -0.2) is 0 Å². The van der Waals surface area contributed by atoms with Crippen molar-refractivity contribution < 1.29 is 19.1 Å². The summed E-state index contributed by atoms with van der Waals surface area (Å²) in [6.07, 6.45) is 35.2. The first kappa shape index (κ1) is 54.1. The van der Waals surface area contributed by atoms with Gasteiger partial charge in [-0.3, -0.25) is 19.4 Å². The quantitative estimate of drug-likeness (QED) is 0.154. The Morgan fingerprint density at radius 1 is 0.608 bits per heavy atom. The van der Waals surface area contributed by atoms with Crippen LogP contribution in [0.2, 0.25) is 0 Å². The summed E-state index contributed by atoms with van der Waals surface area (Å²) in [6, 6.07) is 1.16. The summed E-state index contributed by atoms with van der Waals surface area (Å²) in [5, 5.41) is 0. The number of unbranched alkanes of at least 4 members (excludes halogenated alkanes) is 7. The Kier molecular flexibility index (Phi) is 15.6. The molecule has 12 rings (SSSR count). The van der Waals surface area contributed by atoms with Crippen molar-refractivity contribution in [3.8, 4) is 0 Å². The lowest BCUT2D eigenvalue weighted by Gasteiger charge is -2.47. The lowest BCUT2D eigenvalue weighted by molar-refractivity contribution is -0.121. The highest BCUT2D eigenvalue weighted by Crippen LogP contribution is 2.67. The van der Waals surface area contributed by atoms with Gasteiger partial charge in [0, 0.05) is 62.7 Å². The van der Waals surface area contributed by atoms with Crippen molar-refractivity contribution in [2.45, 2.75) is 258 Å². The number of piperidine rings is 2. The summed E-state index contributed by atoms with van der Waals surface area (Å²) in [5.74, 6) is 7.98. The van der Waals surface area contributed by atoms with E-state index in [2.05, 4.69) is 84.3 Å². The molecule has 8 aliphatic carbocycles. The molecule has 2 N–H and O–H groups in total. The number of allylic oxidation sites excluding steroid dienone is 6. The fraction of sp³-hybridized carbons (Fsp3) is 0.851. The van der Waals surface area contributed by atoms with Gasteiger partial charge < -0.3 is 15.2 Å². The minimum Gasteiger partial charge on any atom is -0.365 e. The first-order valence-corrected chi connectivity index (χ1v) is 31.9. The molecule has 2 spiro atoms. The van der Waals surface area contributed by atoms with Crippen molar-refractivity contribution in [2.24, 2.45) is 75.7 Å². The highest BCUT2D eigenvalue weighted by Gasteiger charge is 2.64. The molecule has 4 heterocycles. The summed E-state index contributed by atoms with van der Waals surface area (Å²) in [6.45, 7) is 28.0. The Morgan fingerprint density at radius 2 is 1.04 bits per heavy atom. The second-order valence-corrected chi connectivity index (χ2v) is 28.7. The van der Waals surface area contributed by atoms with Crippen LogP contribution in [0.4, 0.5) is 0 Å². The normalized spacial score (nSPS) is 45.5. The fourth-order valence-electron chi connectivity index (χ4n) is 20.8. The van der Waals surface area contributed by atoms with Crippen molar-refractivity contribution in [3.63, 3.8) is 0 Å². The molecule has 18 atom stereocenters. The number of ether oxygens (including phenoxy) is 2. The molecule has 4 aliphatic heterocycles. The Morgan fingerprint density at radius 3 is 1.47 bits per heavy atom. The van der Waals surface area contributed by atoms with Crippen LogP contribution >= 0.6 is 0 Å². The SMILES string of the molecule is CC1=C2C[C@H]3[C@@H](CC=C4CC(=O)CC[C@@]43C)[C@@H]2CC[C@]12O[C@@H]1C[C@H](C)CN(CCCCCCN)C1[C@H]2C.CCCCCCCN1C[C@@H](C)C[C@H]2O[C@]3(CC[C@@H]4C(=C3C)C[C@H]3[C@H]4CC=C4CC(=O)CC[C@@]43C)[C@H](C)C21. The average molecular weight is 1020 g/mol. The number of rotatable bonds is 12. The van der Waals surface area contributed by atoms with Gasteiger partial charge in [-0.2, -0.15) is 0 Å². The molecule has 0 radical (unpaired) electrons. The molecule has 4 saturated heterocycles. The van der Waals surface area contributed by atoms with Crippen molar-refractivity contribution in [1.29, 1.82) is 0 Å². The van der Waals surface area contributed by atoms with Crippen molar-refractivity contribution in [2.75, 3.05) is 32.7 Å². The van der Waals surface area contributed by atoms with E-state index in [1.165, 1.54) is 153 Å². The Hall–Kier alpha value is -1.90. The highest BCUT2D eigenvalue weighted by molar-refractivity contribution is 5.83. The minimum atomic E-state index is -0.0593. The largest absolute Gasteiger partial charge is 0.365 e. The monoisotopic (exact) mass is 1020 g/mol. The van der Waals surface area contributed by atoms with Crippen LogP contribution in [0, 0.1) is 70.0 Å². The number of nitrogens with two attached hydrogens (primary N) is 1. The predicted molar refractivity (Wildman–Crippen MR) is 301 cm³/mol. The van der Waals surface area contributed by atoms with Gasteiger partial charge in [-0.05, 0) is 199 Å². The summed E-state index contributed by atoms with van der Waals surface area (Å²) >= 11 is 0. The number of carbonyl (C=O) groups excluding carboxylic acids is 2. The topological polar surface area (TPSA) is 85.1 Å². The van der Waals surface area contributed by atoms with E-state index in [1.54, 1.807) is 22.3 Å². The van der Waals surface area contributed by atoms with Crippen molar-refractivity contribution in [3.05, 3.63) is 45.6 Å². The molecular formula is C67H105N3O4. The molecule has 0 bridgehead atoms. The van der Waals surface area contributed by atoms with Crippen LogP contribution < -0.4 is 5.73 Å². The van der Waals surface area contributed by atoms with Crippen LogP contribution in [-0.2, 0) is 19.1 Å². The van der Waals surface area contributed by atoms with E-state index in [9.17, 15) is 9.59 Å². The minimum absolute atomic E-state index is 0.0428. The van der Waals surface area contributed by atoms with Gasteiger partial charge in [0.15, 0.2) is 0 Å². The number of nitrogens with zero attached hydrogens (tertiary/aromatic N) is 2. The molecule has 0 aromatic heterocycles. The van der Waals surface area contributed by atoms with Gasteiger partial charge in [0.1, 0.15) is 11.6 Å². The molecule has 8 fully saturated rings. The molecule has 0 amide bonds. The van der Waals surface area contributed by atoms with E-state index in [0.717, 1.165) is 92.9 Å². The van der Waals surface area contributed by atoms with Gasteiger partial charge >= 0.3 is 0 Å². The first-order chi connectivity index (χ1) is 35.6. The zero-order valence-corrected chi connectivity index (χ0v) is 48.6. The molecular weight excluding hydrogens is 911 g/mol. The second-order valence-electron chi connectivity index (χ2n) is 28.7. The molecule has 12 aliphatic rings. The van der Waals surface area contributed by atoms with Gasteiger partial charge in [0.05, 0.1) is 23.4 Å². The fourth-order valence-corrected chi connectivity index (χ4v) is 20.8. The zero-order chi connectivity index (χ0) is 51.9. The van der Waals surface area contributed by atoms with E-state index in [1.807, 2.05) is 0 Å². The lowest BCUT2D eigenvalue weighted by atomic mass is 9.57. The second kappa shape index (κ2) is 21.3. The van der Waals surface area contributed by atoms with Crippen molar-refractivity contribution in [1.82, 2.24) is 9.80 Å². The van der Waals surface area contributed by atoms with Gasteiger partial charge in [-0.1, -0.05) is 121 Å². The summed E-state index contributed by atoms with van der Waals surface area (Å²) in [4.78, 5) is 30.2. The van der Waals surface area contributed by atoms with E-state index >= 15 is 0 Å². The van der Waals surface area contributed by atoms with Crippen LogP contribution in [0.3, 0.4) is 0 Å². The third kappa shape index (κ3) is 9.07. The Labute approximate surface area is 450 Å². The Balaban J connectivity index is 0.000000159. The molecule has 412 valence electrons. The van der Waals surface area contributed by atoms with E-state index < -0.39 is 0 Å². The molecule has 0 aromatic rings. The van der Waals surface area contributed by atoms with Crippen LogP contribution in [-0.4, -0.2) is 89.6 Å².